The number of carbonyl (C=O) groups is 1. The fourth-order valence-corrected chi connectivity index (χ4v) is 3.55. The van der Waals surface area contributed by atoms with Gasteiger partial charge in [-0.3, -0.25) is 9.69 Å². The summed E-state index contributed by atoms with van der Waals surface area (Å²) in [7, 11) is 0. The van der Waals surface area contributed by atoms with E-state index in [1.165, 1.54) is 44.9 Å². The van der Waals surface area contributed by atoms with Crippen molar-refractivity contribution in [2.24, 2.45) is 0 Å². The quantitative estimate of drug-likeness (QED) is 0.268. The van der Waals surface area contributed by atoms with Crippen LogP contribution in [0, 0.1) is 0 Å². The molecule has 0 spiro atoms. The van der Waals surface area contributed by atoms with E-state index in [0.29, 0.717) is 5.02 Å². The molecule has 0 aliphatic heterocycles. The third-order valence-electron chi connectivity index (χ3n) is 5.02. The van der Waals surface area contributed by atoms with Gasteiger partial charge in [-0.1, -0.05) is 83.7 Å². The highest BCUT2D eigenvalue weighted by molar-refractivity contribution is 6.30. The molecule has 0 heterocycles. The first-order chi connectivity index (χ1) is 12.1. The van der Waals surface area contributed by atoms with Crippen molar-refractivity contribution < 1.29 is 4.79 Å². The number of unbranched alkanes of at least 4 members (excludes halogenated alkanes) is 7. The van der Waals surface area contributed by atoms with E-state index >= 15 is 0 Å². The zero-order chi connectivity index (χ0) is 18.5. The van der Waals surface area contributed by atoms with Gasteiger partial charge in [0.25, 0.3) is 0 Å². The number of halogens is 1. The minimum absolute atomic E-state index is 0.00346. The molecule has 0 amide bonds. The summed E-state index contributed by atoms with van der Waals surface area (Å²) in [5, 5.41) is 0.680. The molecular formula is C22H36ClNO. The number of nitrogens with zero attached hydrogens (tertiary/aromatic N) is 1. The highest BCUT2D eigenvalue weighted by Gasteiger charge is 2.24. The molecule has 0 bridgehead atoms. The van der Waals surface area contributed by atoms with E-state index in [1.54, 1.807) is 0 Å². The minimum Gasteiger partial charge on any atom is -0.294 e. The van der Waals surface area contributed by atoms with Crippen LogP contribution in [0.1, 0.15) is 88.9 Å². The molecule has 0 saturated heterocycles. The summed E-state index contributed by atoms with van der Waals surface area (Å²) < 4.78 is 0. The second-order valence-electron chi connectivity index (χ2n) is 6.87. The fraction of sp³-hybridized carbons (Fsp3) is 0.682. The van der Waals surface area contributed by atoms with Crippen molar-refractivity contribution in [3.63, 3.8) is 0 Å². The molecule has 0 N–H and O–H groups in total. The van der Waals surface area contributed by atoms with Gasteiger partial charge >= 0.3 is 0 Å². The van der Waals surface area contributed by atoms with Crippen molar-refractivity contribution in [1.82, 2.24) is 4.90 Å². The number of hydrogen-bond donors (Lipinski definition) is 0. The van der Waals surface area contributed by atoms with Crippen LogP contribution in [-0.2, 0) is 0 Å². The molecule has 25 heavy (non-hydrogen) atoms. The minimum atomic E-state index is -0.00346. The SMILES string of the molecule is CCCCCCCCCCC(C(=O)c1ccc(Cl)cc1)N(CC)CC. The van der Waals surface area contributed by atoms with Crippen LogP contribution in [0.2, 0.25) is 5.02 Å². The maximum atomic E-state index is 13.0. The van der Waals surface area contributed by atoms with Crippen LogP contribution in [0.3, 0.4) is 0 Å². The van der Waals surface area contributed by atoms with Gasteiger partial charge < -0.3 is 0 Å². The topological polar surface area (TPSA) is 20.3 Å². The van der Waals surface area contributed by atoms with Gasteiger partial charge in [-0.05, 0) is 43.8 Å². The first-order valence-electron chi connectivity index (χ1n) is 10.2. The third kappa shape index (κ3) is 8.37. The van der Waals surface area contributed by atoms with E-state index in [-0.39, 0.29) is 11.8 Å². The largest absolute Gasteiger partial charge is 0.294 e. The van der Waals surface area contributed by atoms with Crippen molar-refractivity contribution >= 4 is 17.4 Å². The van der Waals surface area contributed by atoms with Gasteiger partial charge in [0.15, 0.2) is 5.78 Å². The van der Waals surface area contributed by atoms with Gasteiger partial charge in [0.05, 0.1) is 6.04 Å². The van der Waals surface area contributed by atoms with E-state index in [0.717, 1.165) is 31.5 Å². The molecule has 0 aliphatic carbocycles. The summed E-state index contributed by atoms with van der Waals surface area (Å²) in [6.07, 6.45) is 11.3. The summed E-state index contributed by atoms with van der Waals surface area (Å²) >= 11 is 5.96. The molecule has 1 rings (SSSR count). The Balaban J connectivity index is 2.50. The van der Waals surface area contributed by atoms with Gasteiger partial charge in [-0.15, -0.1) is 0 Å². The first-order valence-corrected chi connectivity index (χ1v) is 10.6. The highest BCUT2D eigenvalue weighted by atomic mass is 35.5. The molecule has 0 aromatic heterocycles. The van der Waals surface area contributed by atoms with Crippen LogP contribution in [0.15, 0.2) is 24.3 Å². The third-order valence-corrected chi connectivity index (χ3v) is 5.27. The Morgan fingerprint density at radius 3 is 1.92 bits per heavy atom. The fourth-order valence-electron chi connectivity index (χ4n) is 3.42. The average Bonchev–Trinajstić information content (AvgIpc) is 2.63. The van der Waals surface area contributed by atoms with Gasteiger partial charge in [0, 0.05) is 10.6 Å². The molecule has 1 atom stereocenters. The van der Waals surface area contributed by atoms with Gasteiger partial charge in [0.2, 0.25) is 0 Å². The van der Waals surface area contributed by atoms with Crippen molar-refractivity contribution in [3.05, 3.63) is 34.9 Å². The molecule has 0 radical (unpaired) electrons. The van der Waals surface area contributed by atoms with Crippen LogP contribution in [0.25, 0.3) is 0 Å². The van der Waals surface area contributed by atoms with E-state index < -0.39 is 0 Å². The lowest BCUT2D eigenvalue weighted by molar-refractivity contribution is 0.0816. The second-order valence-corrected chi connectivity index (χ2v) is 7.31. The number of likely N-dealkylation sites (N-methyl/N-ethyl adjacent to an activating group) is 1. The average molecular weight is 366 g/mol. The maximum absolute atomic E-state index is 13.0. The Labute approximate surface area is 159 Å². The van der Waals surface area contributed by atoms with Crippen LogP contribution in [0.4, 0.5) is 0 Å². The van der Waals surface area contributed by atoms with E-state index in [4.69, 9.17) is 11.6 Å². The zero-order valence-corrected chi connectivity index (χ0v) is 17.2. The van der Waals surface area contributed by atoms with Crippen LogP contribution in [-0.4, -0.2) is 29.8 Å². The summed E-state index contributed by atoms with van der Waals surface area (Å²) in [6, 6.07) is 7.33. The first kappa shape index (κ1) is 22.2. The smallest absolute Gasteiger partial charge is 0.179 e. The Hall–Kier alpha value is -0.860. The van der Waals surface area contributed by atoms with E-state index in [9.17, 15) is 4.79 Å². The molecule has 3 heteroatoms. The summed E-state index contributed by atoms with van der Waals surface area (Å²) in [6.45, 7) is 8.36. The number of carbonyl (C=O) groups excluding carboxylic acids is 1. The monoisotopic (exact) mass is 365 g/mol. The highest BCUT2D eigenvalue weighted by Crippen LogP contribution is 2.19. The zero-order valence-electron chi connectivity index (χ0n) is 16.4. The summed E-state index contributed by atoms with van der Waals surface area (Å²) in [5.41, 5.74) is 0.779. The number of rotatable bonds is 14. The van der Waals surface area contributed by atoms with E-state index in [2.05, 4.69) is 25.7 Å². The molecule has 0 aliphatic rings. The predicted octanol–water partition coefficient (Wildman–Crippen LogP) is 6.76. The van der Waals surface area contributed by atoms with Crippen molar-refractivity contribution in [1.29, 1.82) is 0 Å². The number of hydrogen-bond acceptors (Lipinski definition) is 2. The van der Waals surface area contributed by atoms with Gasteiger partial charge in [0.1, 0.15) is 0 Å². The molecule has 2 nitrogen and oxygen atoms in total. The second kappa shape index (κ2) is 13.4. The summed E-state index contributed by atoms with van der Waals surface area (Å²) in [5.74, 6) is 0.239. The van der Waals surface area contributed by atoms with Crippen molar-refractivity contribution in [2.75, 3.05) is 13.1 Å². The summed E-state index contributed by atoms with van der Waals surface area (Å²) in [4.78, 5) is 15.3. The predicted molar refractivity (Wildman–Crippen MR) is 110 cm³/mol. The molecular weight excluding hydrogens is 330 g/mol. The Morgan fingerprint density at radius 2 is 1.40 bits per heavy atom. The van der Waals surface area contributed by atoms with Crippen LogP contribution in [0.5, 0.6) is 0 Å². The molecule has 142 valence electrons. The Kier molecular flexibility index (Phi) is 11.9. The Bertz CT molecular complexity index is 467. The number of Topliss-reactive ketones (excluding diaryl/α,β-unsaturated/α-hetero) is 1. The van der Waals surface area contributed by atoms with Gasteiger partial charge in [-0.25, -0.2) is 0 Å². The van der Waals surface area contributed by atoms with Crippen molar-refractivity contribution in [2.45, 2.75) is 84.6 Å². The van der Waals surface area contributed by atoms with E-state index in [1.807, 2.05) is 24.3 Å². The van der Waals surface area contributed by atoms with Crippen molar-refractivity contribution in [3.8, 4) is 0 Å². The molecule has 0 saturated carbocycles. The maximum Gasteiger partial charge on any atom is 0.179 e. The Morgan fingerprint density at radius 1 is 0.880 bits per heavy atom. The molecule has 1 aromatic rings. The lowest BCUT2D eigenvalue weighted by Crippen LogP contribution is -2.41. The number of ketones is 1. The lowest BCUT2D eigenvalue weighted by Gasteiger charge is -2.28. The standard InChI is InChI=1S/C22H36ClNO/c1-4-7-8-9-10-11-12-13-14-21(24(5-2)6-3)22(25)19-15-17-20(23)18-16-19/h15-18,21H,4-14H2,1-3H3. The lowest BCUT2D eigenvalue weighted by atomic mass is 9.96. The molecule has 0 fully saturated rings. The van der Waals surface area contributed by atoms with Crippen LogP contribution < -0.4 is 0 Å². The number of benzene rings is 1. The van der Waals surface area contributed by atoms with Crippen LogP contribution >= 0.6 is 11.6 Å². The molecule has 1 aromatic carbocycles. The normalized spacial score (nSPS) is 12.5. The molecule has 1 unspecified atom stereocenters. The van der Waals surface area contributed by atoms with Gasteiger partial charge in [-0.2, -0.15) is 0 Å².